The van der Waals surface area contributed by atoms with Gasteiger partial charge in [0.1, 0.15) is 5.75 Å². The highest BCUT2D eigenvalue weighted by Crippen LogP contribution is 2.23. The minimum absolute atomic E-state index is 0.0135. The van der Waals surface area contributed by atoms with Crippen molar-refractivity contribution >= 4 is 23.5 Å². The second-order valence-electron chi connectivity index (χ2n) is 7.78. The summed E-state index contributed by atoms with van der Waals surface area (Å²) in [6.07, 6.45) is 2.00. The lowest BCUT2D eigenvalue weighted by Gasteiger charge is -2.17. The lowest BCUT2D eigenvalue weighted by molar-refractivity contribution is -0.145. The highest BCUT2D eigenvalue weighted by Gasteiger charge is 2.21. The van der Waals surface area contributed by atoms with Crippen LogP contribution in [0.5, 0.6) is 5.75 Å². The first kappa shape index (κ1) is 23.8. The van der Waals surface area contributed by atoms with E-state index in [1.165, 1.54) is 0 Å². The summed E-state index contributed by atoms with van der Waals surface area (Å²) in [7, 11) is 0. The summed E-state index contributed by atoms with van der Waals surface area (Å²) in [5.41, 5.74) is 2.84. The topological polar surface area (TPSA) is 109 Å². The molecular formula is C25H27N3O5. The molecular weight excluding hydrogens is 422 g/mol. The molecule has 172 valence electrons. The van der Waals surface area contributed by atoms with Gasteiger partial charge in [-0.1, -0.05) is 0 Å². The van der Waals surface area contributed by atoms with Gasteiger partial charge in [-0.3, -0.25) is 9.59 Å². The zero-order valence-electron chi connectivity index (χ0n) is 18.8. The number of benzene rings is 2. The van der Waals surface area contributed by atoms with E-state index in [0.29, 0.717) is 28.1 Å². The van der Waals surface area contributed by atoms with Crippen LogP contribution in [0.15, 0.2) is 36.4 Å². The number of hydrogen-bond donors (Lipinski definition) is 1. The first-order valence-corrected chi connectivity index (χ1v) is 10.9. The number of nitriles is 1. The Morgan fingerprint density at radius 3 is 2.55 bits per heavy atom. The molecule has 8 nitrogen and oxygen atoms in total. The molecule has 0 aliphatic carbocycles. The van der Waals surface area contributed by atoms with Crippen LogP contribution in [-0.4, -0.2) is 49.0 Å². The van der Waals surface area contributed by atoms with E-state index in [-0.39, 0.29) is 31.4 Å². The predicted octanol–water partition coefficient (Wildman–Crippen LogP) is 3.23. The molecule has 2 aromatic carbocycles. The summed E-state index contributed by atoms with van der Waals surface area (Å²) in [5, 5.41) is 12.0. The van der Waals surface area contributed by atoms with E-state index in [9.17, 15) is 19.6 Å². The van der Waals surface area contributed by atoms with Crippen molar-refractivity contribution in [3.63, 3.8) is 0 Å². The third kappa shape index (κ3) is 6.32. The standard InChI is InChI=1S/C25H27N3O5/c1-3-32-24(30)16-33-22-9-6-18(15-26)13-19(22)14-23(29)27-20-7-8-21(17(2)12-20)25(31)28-10-4-5-11-28/h6-9,12-13H,3-5,10-11,14,16H2,1-2H3,(H,27,29). The quantitative estimate of drug-likeness (QED) is 0.620. The smallest absolute Gasteiger partial charge is 0.344 e. The van der Waals surface area contributed by atoms with Gasteiger partial charge < -0.3 is 19.7 Å². The number of hydrogen-bond acceptors (Lipinski definition) is 6. The Morgan fingerprint density at radius 1 is 1.12 bits per heavy atom. The van der Waals surface area contributed by atoms with Crippen LogP contribution in [0, 0.1) is 18.3 Å². The van der Waals surface area contributed by atoms with Gasteiger partial charge in [-0.2, -0.15) is 5.26 Å². The minimum Gasteiger partial charge on any atom is -0.482 e. The van der Waals surface area contributed by atoms with Crippen LogP contribution in [0.2, 0.25) is 0 Å². The Labute approximate surface area is 193 Å². The fourth-order valence-corrected chi connectivity index (χ4v) is 3.72. The number of aryl methyl sites for hydroxylation is 1. The van der Waals surface area contributed by atoms with E-state index < -0.39 is 5.97 Å². The number of likely N-dealkylation sites (tertiary alicyclic amines) is 1. The molecule has 1 heterocycles. The van der Waals surface area contributed by atoms with E-state index >= 15 is 0 Å². The number of carbonyl (C=O) groups excluding carboxylic acids is 3. The molecule has 2 aromatic rings. The third-order valence-corrected chi connectivity index (χ3v) is 5.33. The monoisotopic (exact) mass is 449 g/mol. The Bertz CT molecular complexity index is 1080. The molecule has 0 atom stereocenters. The van der Waals surface area contributed by atoms with E-state index in [1.807, 2.05) is 17.9 Å². The summed E-state index contributed by atoms with van der Waals surface area (Å²) in [4.78, 5) is 38.8. The van der Waals surface area contributed by atoms with Crippen molar-refractivity contribution in [2.75, 3.05) is 31.6 Å². The van der Waals surface area contributed by atoms with Crippen molar-refractivity contribution in [3.8, 4) is 11.8 Å². The molecule has 33 heavy (non-hydrogen) atoms. The second kappa shape index (κ2) is 11.1. The zero-order valence-corrected chi connectivity index (χ0v) is 18.8. The van der Waals surface area contributed by atoms with E-state index in [2.05, 4.69) is 5.32 Å². The molecule has 1 saturated heterocycles. The number of nitrogens with zero attached hydrogens (tertiary/aromatic N) is 2. The maximum Gasteiger partial charge on any atom is 0.344 e. The Kier molecular flexibility index (Phi) is 8.03. The minimum atomic E-state index is -0.517. The van der Waals surface area contributed by atoms with Crippen LogP contribution in [0.1, 0.15) is 46.8 Å². The Morgan fingerprint density at radius 2 is 1.88 bits per heavy atom. The highest BCUT2D eigenvalue weighted by molar-refractivity contribution is 5.97. The molecule has 0 bridgehead atoms. The molecule has 1 N–H and O–H groups in total. The molecule has 1 aliphatic rings. The lowest BCUT2D eigenvalue weighted by atomic mass is 10.1. The van der Waals surface area contributed by atoms with Crippen molar-refractivity contribution in [1.82, 2.24) is 4.90 Å². The summed E-state index contributed by atoms with van der Waals surface area (Å²) in [5.74, 6) is -0.486. The molecule has 0 saturated carbocycles. The largest absolute Gasteiger partial charge is 0.482 e. The van der Waals surface area contributed by atoms with Crippen LogP contribution in [0.4, 0.5) is 5.69 Å². The Balaban J connectivity index is 1.68. The van der Waals surface area contributed by atoms with Gasteiger partial charge >= 0.3 is 5.97 Å². The van der Waals surface area contributed by atoms with Gasteiger partial charge in [0.05, 0.1) is 24.7 Å². The van der Waals surface area contributed by atoms with Crippen molar-refractivity contribution in [3.05, 3.63) is 58.7 Å². The van der Waals surface area contributed by atoms with Crippen molar-refractivity contribution < 1.29 is 23.9 Å². The van der Waals surface area contributed by atoms with Gasteiger partial charge in [-0.05, 0) is 68.7 Å². The van der Waals surface area contributed by atoms with Gasteiger partial charge in [0.25, 0.3) is 5.91 Å². The van der Waals surface area contributed by atoms with Crippen LogP contribution in [0.25, 0.3) is 0 Å². The van der Waals surface area contributed by atoms with Crippen LogP contribution in [0.3, 0.4) is 0 Å². The number of ether oxygens (including phenoxy) is 2. The fourth-order valence-electron chi connectivity index (χ4n) is 3.72. The lowest BCUT2D eigenvalue weighted by Crippen LogP contribution is -2.28. The van der Waals surface area contributed by atoms with Crippen molar-refractivity contribution in [1.29, 1.82) is 5.26 Å². The van der Waals surface area contributed by atoms with Crippen LogP contribution in [-0.2, 0) is 20.7 Å². The van der Waals surface area contributed by atoms with Gasteiger partial charge in [-0.15, -0.1) is 0 Å². The molecule has 3 rings (SSSR count). The molecule has 0 unspecified atom stereocenters. The third-order valence-electron chi connectivity index (χ3n) is 5.33. The number of carbonyl (C=O) groups is 3. The predicted molar refractivity (Wildman–Crippen MR) is 122 cm³/mol. The highest BCUT2D eigenvalue weighted by atomic mass is 16.6. The molecule has 1 aliphatic heterocycles. The zero-order chi connectivity index (χ0) is 23.8. The average molecular weight is 450 g/mol. The molecule has 1 fully saturated rings. The number of amides is 2. The summed E-state index contributed by atoms with van der Waals surface area (Å²) < 4.78 is 10.4. The first-order valence-electron chi connectivity index (χ1n) is 10.9. The van der Waals surface area contributed by atoms with E-state index in [0.717, 1.165) is 31.5 Å². The first-order chi connectivity index (χ1) is 15.9. The maximum atomic E-state index is 12.7. The summed E-state index contributed by atoms with van der Waals surface area (Å²) in [6, 6.07) is 11.9. The van der Waals surface area contributed by atoms with E-state index in [1.54, 1.807) is 43.3 Å². The fraction of sp³-hybridized carbons (Fsp3) is 0.360. The van der Waals surface area contributed by atoms with Gasteiger partial charge in [0.15, 0.2) is 6.61 Å². The van der Waals surface area contributed by atoms with Gasteiger partial charge in [-0.25, -0.2) is 4.79 Å². The van der Waals surface area contributed by atoms with Gasteiger partial charge in [0.2, 0.25) is 5.91 Å². The number of nitrogens with one attached hydrogen (secondary N) is 1. The Hall–Kier alpha value is -3.86. The molecule has 0 aromatic heterocycles. The molecule has 0 radical (unpaired) electrons. The van der Waals surface area contributed by atoms with Crippen LogP contribution < -0.4 is 10.1 Å². The SMILES string of the molecule is CCOC(=O)COc1ccc(C#N)cc1CC(=O)Nc1ccc(C(=O)N2CCCC2)c(C)c1. The molecule has 0 spiro atoms. The number of anilines is 1. The maximum absolute atomic E-state index is 12.7. The summed E-state index contributed by atoms with van der Waals surface area (Å²) in [6.45, 7) is 5.05. The van der Waals surface area contributed by atoms with Gasteiger partial charge in [0, 0.05) is 29.9 Å². The summed E-state index contributed by atoms with van der Waals surface area (Å²) >= 11 is 0. The van der Waals surface area contributed by atoms with Crippen molar-refractivity contribution in [2.45, 2.75) is 33.1 Å². The number of esters is 1. The number of rotatable bonds is 8. The second-order valence-corrected chi connectivity index (χ2v) is 7.78. The normalized spacial score (nSPS) is 12.7. The molecule has 2 amide bonds. The van der Waals surface area contributed by atoms with Crippen LogP contribution >= 0.6 is 0 Å². The van der Waals surface area contributed by atoms with E-state index in [4.69, 9.17) is 9.47 Å². The average Bonchev–Trinajstić information content (AvgIpc) is 3.33. The van der Waals surface area contributed by atoms with Crippen molar-refractivity contribution in [2.24, 2.45) is 0 Å². The molecule has 8 heteroatoms.